The van der Waals surface area contributed by atoms with Gasteiger partial charge in [-0.05, 0) is 24.6 Å². The second-order valence-electron chi connectivity index (χ2n) is 6.47. The minimum Gasteiger partial charge on any atom is -0.506 e. The smallest absolute Gasteiger partial charge is 0.202 e. The highest BCUT2D eigenvalue weighted by molar-refractivity contribution is 6.33. The van der Waals surface area contributed by atoms with Crippen LogP contribution in [-0.4, -0.2) is 34.0 Å². The third-order valence-corrected chi connectivity index (χ3v) is 4.93. The summed E-state index contributed by atoms with van der Waals surface area (Å²) in [5.74, 6) is -1.72. The van der Waals surface area contributed by atoms with Crippen molar-refractivity contribution in [3.63, 3.8) is 0 Å². The highest BCUT2D eigenvalue weighted by atomic mass is 16.5. The summed E-state index contributed by atoms with van der Waals surface area (Å²) in [5, 5.41) is 31.7. The summed E-state index contributed by atoms with van der Waals surface area (Å²) >= 11 is 0. The molecule has 0 bridgehead atoms. The van der Waals surface area contributed by atoms with Crippen molar-refractivity contribution in [2.45, 2.75) is 13.0 Å². The van der Waals surface area contributed by atoms with E-state index in [2.05, 4.69) is 0 Å². The van der Waals surface area contributed by atoms with Crippen molar-refractivity contribution >= 4 is 22.3 Å². The zero-order valence-electron chi connectivity index (χ0n) is 14.6. The molecule has 0 saturated carbocycles. The Kier molecular flexibility index (Phi) is 3.68. The maximum atomic E-state index is 13.1. The molecule has 3 aromatic rings. The molecule has 0 aliphatic heterocycles. The first-order valence-corrected chi connectivity index (χ1v) is 8.32. The van der Waals surface area contributed by atoms with E-state index in [4.69, 9.17) is 4.74 Å². The average Bonchev–Trinajstić information content (AvgIpc) is 2.67. The molecule has 136 valence electrons. The van der Waals surface area contributed by atoms with Crippen molar-refractivity contribution in [2.75, 3.05) is 7.11 Å². The average molecular weight is 364 g/mol. The minimum atomic E-state index is -0.797. The number of methoxy groups -OCH3 is 1. The minimum absolute atomic E-state index is 0.0622. The molecular formula is C21H16O6. The molecule has 0 amide bonds. The number of fused-ring (bicyclic) bond motifs is 3. The number of aliphatic hydroxyl groups excluding tert-OH is 1. The number of rotatable bonds is 2. The van der Waals surface area contributed by atoms with E-state index in [1.54, 1.807) is 25.1 Å². The van der Waals surface area contributed by atoms with E-state index < -0.39 is 23.4 Å². The van der Waals surface area contributed by atoms with Gasteiger partial charge in [0.05, 0.1) is 29.9 Å². The lowest BCUT2D eigenvalue weighted by atomic mass is 9.80. The number of benzene rings is 3. The first-order chi connectivity index (χ1) is 12.9. The van der Waals surface area contributed by atoms with Crippen LogP contribution in [0.2, 0.25) is 0 Å². The summed E-state index contributed by atoms with van der Waals surface area (Å²) in [6, 6.07) is 9.20. The standard InChI is InChI=1S/C21H16O6/c1-9(22)10-6-7-11-13(8-10)20(25)16-17(18(11)23)21(26)15-12(19(16)24)4-3-5-14(15)27-2/h3-9,22-23,25H,1-2H3. The fourth-order valence-corrected chi connectivity index (χ4v) is 3.56. The second-order valence-corrected chi connectivity index (χ2v) is 6.47. The number of hydrogen-bond acceptors (Lipinski definition) is 6. The molecule has 1 aliphatic rings. The SMILES string of the molecule is COc1cccc2c1C(=O)c1c(c(O)c3cc(C(C)O)ccc3c1O)C2=O. The topological polar surface area (TPSA) is 104 Å². The normalized spacial score (nSPS) is 14.0. The van der Waals surface area contributed by atoms with Crippen LogP contribution in [0.15, 0.2) is 36.4 Å². The summed E-state index contributed by atoms with van der Waals surface area (Å²) in [7, 11) is 1.39. The zero-order chi connectivity index (χ0) is 19.5. The Morgan fingerprint density at radius 3 is 2.22 bits per heavy atom. The molecule has 0 spiro atoms. The number of carbonyl (C=O) groups is 2. The van der Waals surface area contributed by atoms with Gasteiger partial charge in [-0.3, -0.25) is 9.59 Å². The van der Waals surface area contributed by atoms with Crippen LogP contribution in [-0.2, 0) is 0 Å². The third kappa shape index (κ3) is 2.23. The van der Waals surface area contributed by atoms with Gasteiger partial charge in [0.2, 0.25) is 5.78 Å². The molecule has 0 heterocycles. The van der Waals surface area contributed by atoms with Crippen LogP contribution >= 0.6 is 0 Å². The van der Waals surface area contributed by atoms with Crippen LogP contribution in [0.4, 0.5) is 0 Å². The molecule has 4 rings (SSSR count). The first-order valence-electron chi connectivity index (χ1n) is 8.32. The number of ether oxygens (including phenoxy) is 1. The molecule has 0 aromatic heterocycles. The molecule has 0 fully saturated rings. The van der Waals surface area contributed by atoms with E-state index >= 15 is 0 Å². The predicted molar refractivity (Wildman–Crippen MR) is 97.8 cm³/mol. The fourth-order valence-electron chi connectivity index (χ4n) is 3.56. The summed E-state index contributed by atoms with van der Waals surface area (Å²) in [4.78, 5) is 26.1. The number of phenols is 2. The molecule has 0 radical (unpaired) electrons. The van der Waals surface area contributed by atoms with Crippen LogP contribution in [0, 0.1) is 0 Å². The molecule has 0 saturated heterocycles. The van der Waals surface area contributed by atoms with E-state index in [-0.39, 0.29) is 44.5 Å². The fraction of sp³-hybridized carbons (Fsp3) is 0.143. The van der Waals surface area contributed by atoms with Gasteiger partial charge in [-0.15, -0.1) is 0 Å². The largest absolute Gasteiger partial charge is 0.506 e. The number of phenolic OH excluding ortho intramolecular Hbond substituents is 2. The molecule has 27 heavy (non-hydrogen) atoms. The maximum Gasteiger partial charge on any atom is 0.202 e. The van der Waals surface area contributed by atoms with Crippen molar-refractivity contribution in [3.8, 4) is 17.2 Å². The highest BCUT2D eigenvalue weighted by Crippen LogP contribution is 2.46. The van der Waals surface area contributed by atoms with Gasteiger partial charge in [-0.2, -0.15) is 0 Å². The van der Waals surface area contributed by atoms with Crippen LogP contribution in [0.25, 0.3) is 10.8 Å². The number of aromatic hydroxyl groups is 2. The van der Waals surface area contributed by atoms with E-state index in [1.165, 1.54) is 25.3 Å². The van der Waals surface area contributed by atoms with Crippen LogP contribution in [0.3, 0.4) is 0 Å². The maximum absolute atomic E-state index is 13.1. The van der Waals surface area contributed by atoms with Crippen molar-refractivity contribution in [2.24, 2.45) is 0 Å². The number of ketones is 2. The molecule has 1 aliphatic carbocycles. The summed E-state index contributed by atoms with van der Waals surface area (Å²) in [6.07, 6.45) is -0.797. The van der Waals surface area contributed by atoms with Gasteiger partial charge in [0, 0.05) is 16.3 Å². The van der Waals surface area contributed by atoms with Crippen molar-refractivity contribution in [1.29, 1.82) is 0 Å². The highest BCUT2D eigenvalue weighted by Gasteiger charge is 2.38. The van der Waals surface area contributed by atoms with Gasteiger partial charge in [-0.25, -0.2) is 0 Å². The van der Waals surface area contributed by atoms with Crippen LogP contribution < -0.4 is 4.74 Å². The molecule has 1 unspecified atom stereocenters. The van der Waals surface area contributed by atoms with Gasteiger partial charge in [0.25, 0.3) is 0 Å². The lowest BCUT2D eigenvalue weighted by Crippen LogP contribution is -2.22. The summed E-state index contributed by atoms with van der Waals surface area (Å²) in [6.45, 7) is 1.56. The van der Waals surface area contributed by atoms with Crippen LogP contribution in [0.1, 0.15) is 50.4 Å². The molecule has 3 aromatic carbocycles. The molecule has 3 N–H and O–H groups in total. The quantitative estimate of drug-likeness (QED) is 0.472. The number of aliphatic hydroxyl groups is 1. The summed E-state index contributed by atoms with van der Waals surface area (Å²) < 4.78 is 5.20. The van der Waals surface area contributed by atoms with Gasteiger partial charge in [-0.1, -0.05) is 24.3 Å². The van der Waals surface area contributed by atoms with E-state index in [1.807, 2.05) is 0 Å². The van der Waals surface area contributed by atoms with Crippen molar-refractivity contribution in [3.05, 3.63) is 64.2 Å². The van der Waals surface area contributed by atoms with Gasteiger partial charge in [0.1, 0.15) is 17.2 Å². The van der Waals surface area contributed by atoms with E-state index in [0.717, 1.165) is 0 Å². The number of carbonyl (C=O) groups excluding carboxylic acids is 2. The van der Waals surface area contributed by atoms with Crippen LogP contribution in [0.5, 0.6) is 17.2 Å². The lowest BCUT2D eigenvalue weighted by Gasteiger charge is -2.22. The van der Waals surface area contributed by atoms with E-state index in [9.17, 15) is 24.9 Å². The molecular weight excluding hydrogens is 348 g/mol. The van der Waals surface area contributed by atoms with Gasteiger partial charge >= 0.3 is 0 Å². The Balaban J connectivity index is 2.11. The summed E-state index contributed by atoms with van der Waals surface area (Å²) in [5.41, 5.74) is 0.189. The second kappa shape index (κ2) is 5.82. The Morgan fingerprint density at radius 1 is 0.889 bits per heavy atom. The Morgan fingerprint density at radius 2 is 1.56 bits per heavy atom. The Hall–Kier alpha value is -3.38. The van der Waals surface area contributed by atoms with E-state index in [0.29, 0.717) is 5.56 Å². The molecule has 6 nitrogen and oxygen atoms in total. The zero-order valence-corrected chi connectivity index (χ0v) is 14.6. The Labute approximate surface area is 154 Å². The third-order valence-electron chi connectivity index (χ3n) is 4.93. The lowest BCUT2D eigenvalue weighted by molar-refractivity contribution is 0.0972. The predicted octanol–water partition coefficient (Wildman–Crippen LogP) is 3.09. The van der Waals surface area contributed by atoms with Gasteiger partial charge < -0.3 is 20.1 Å². The molecule has 1 atom stereocenters. The molecule has 6 heteroatoms. The monoisotopic (exact) mass is 364 g/mol. The van der Waals surface area contributed by atoms with Crippen molar-refractivity contribution < 1.29 is 29.6 Å². The Bertz CT molecular complexity index is 1140. The number of hydrogen-bond donors (Lipinski definition) is 3. The van der Waals surface area contributed by atoms with Crippen molar-refractivity contribution in [1.82, 2.24) is 0 Å². The first kappa shape index (κ1) is 17.1. The van der Waals surface area contributed by atoms with Gasteiger partial charge in [0.15, 0.2) is 5.78 Å².